The van der Waals surface area contributed by atoms with Gasteiger partial charge in [-0.3, -0.25) is 0 Å². The van der Waals surface area contributed by atoms with E-state index in [4.69, 9.17) is 16.0 Å². The SMILES string of the molecule is O=S(=O)(Cc1ccccc1Cl)NCc1nnc(-c2ccccc2F)o1. The van der Waals surface area contributed by atoms with E-state index < -0.39 is 15.8 Å². The lowest BCUT2D eigenvalue weighted by molar-refractivity contribution is 0.490. The third-order valence-corrected chi connectivity index (χ3v) is 4.96. The van der Waals surface area contributed by atoms with Gasteiger partial charge < -0.3 is 4.42 Å². The maximum absolute atomic E-state index is 13.7. The average Bonchev–Trinajstić information content (AvgIpc) is 3.04. The van der Waals surface area contributed by atoms with Crippen molar-refractivity contribution < 1.29 is 17.2 Å². The molecule has 130 valence electrons. The van der Waals surface area contributed by atoms with Crippen molar-refractivity contribution in [2.45, 2.75) is 12.3 Å². The molecule has 6 nitrogen and oxygen atoms in total. The summed E-state index contributed by atoms with van der Waals surface area (Å²) in [6.45, 7) is -0.200. The van der Waals surface area contributed by atoms with Crippen molar-refractivity contribution in [3.05, 3.63) is 70.8 Å². The van der Waals surface area contributed by atoms with Crippen LogP contribution < -0.4 is 4.72 Å². The van der Waals surface area contributed by atoms with Crippen LogP contribution in [0.25, 0.3) is 11.5 Å². The number of sulfonamides is 1. The van der Waals surface area contributed by atoms with Crippen molar-refractivity contribution >= 4 is 21.6 Å². The normalized spacial score (nSPS) is 11.6. The summed E-state index contributed by atoms with van der Waals surface area (Å²) >= 11 is 5.96. The molecule has 0 aliphatic carbocycles. The third kappa shape index (κ3) is 4.41. The van der Waals surface area contributed by atoms with Crippen LogP contribution in [0, 0.1) is 5.82 Å². The Labute approximate surface area is 148 Å². The van der Waals surface area contributed by atoms with E-state index in [0.29, 0.717) is 10.6 Å². The lowest BCUT2D eigenvalue weighted by atomic mass is 10.2. The van der Waals surface area contributed by atoms with Crippen molar-refractivity contribution in [1.29, 1.82) is 0 Å². The highest BCUT2D eigenvalue weighted by atomic mass is 35.5. The molecule has 0 saturated carbocycles. The highest BCUT2D eigenvalue weighted by molar-refractivity contribution is 7.88. The maximum atomic E-state index is 13.7. The van der Waals surface area contributed by atoms with Crippen LogP contribution >= 0.6 is 11.6 Å². The first-order chi connectivity index (χ1) is 11.9. The average molecular weight is 382 g/mol. The molecule has 1 N–H and O–H groups in total. The van der Waals surface area contributed by atoms with Crippen LogP contribution in [-0.2, 0) is 22.3 Å². The van der Waals surface area contributed by atoms with Crippen LogP contribution in [-0.4, -0.2) is 18.6 Å². The topological polar surface area (TPSA) is 85.1 Å². The maximum Gasteiger partial charge on any atom is 0.250 e. The second-order valence-electron chi connectivity index (χ2n) is 5.15. The molecule has 0 unspecified atom stereocenters. The monoisotopic (exact) mass is 381 g/mol. The summed E-state index contributed by atoms with van der Waals surface area (Å²) in [6.07, 6.45) is 0. The van der Waals surface area contributed by atoms with Gasteiger partial charge in [0, 0.05) is 5.02 Å². The molecule has 0 spiro atoms. The van der Waals surface area contributed by atoms with Crippen LogP contribution in [0.4, 0.5) is 4.39 Å². The zero-order valence-corrected chi connectivity index (χ0v) is 14.4. The first-order valence-corrected chi connectivity index (χ1v) is 9.26. The second kappa shape index (κ2) is 7.30. The minimum atomic E-state index is -3.66. The number of nitrogens with one attached hydrogen (secondary N) is 1. The molecule has 1 heterocycles. The first kappa shape index (κ1) is 17.5. The fourth-order valence-corrected chi connectivity index (χ4v) is 3.50. The Morgan fingerprint density at radius 1 is 1.08 bits per heavy atom. The van der Waals surface area contributed by atoms with Gasteiger partial charge in [0.25, 0.3) is 5.89 Å². The highest BCUT2D eigenvalue weighted by Gasteiger charge is 2.17. The lowest BCUT2D eigenvalue weighted by Crippen LogP contribution is -2.25. The Bertz CT molecular complexity index is 992. The fourth-order valence-electron chi connectivity index (χ4n) is 2.11. The van der Waals surface area contributed by atoms with Gasteiger partial charge in [-0.1, -0.05) is 41.9 Å². The quantitative estimate of drug-likeness (QED) is 0.709. The van der Waals surface area contributed by atoms with Crippen molar-refractivity contribution in [2.75, 3.05) is 0 Å². The van der Waals surface area contributed by atoms with E-state index in [1.807, 2.05) is 0 Å². The number of nitrogens with zero attached hydrogens (tertiary/aromatic N) is 2. The van der Waals surface area contributed by atoms with E-state index in [-0.39, 0.29) is 29.6 Å². The zero-order chi connectivity index (χ0) is 17.9. The van der Waals surface area contributed by atoms with Crippen molar-refractivity contribution in [1.82, 2.24) is 14.9 Å². The van der Waals surface area contributed by atoms with Crippen LogP contribution in [0.2, 0.25) is 5.02 Å². The smallest absolute Gasteiger partial charge is 0.250 e. The number of halogens is 2. The van der Waals surface area contributed by atoms with Gasteiger partial charge in [-0.25, -0.2) is 17.5 Å². The second-order valence-corrected chi connectivity index (χ2v) is 7.37. The molecule has 0 amide bonds. The summed E-state index contributed by atoms with van der Waals surface area (Å²) in [5.41, 5.74) is 0.634. The molecule has 3 aromatic rings. The molecule has 2 aromatic carbocycles. The summed E-state index contributed by atoms with van der Waals surface area (Å²) in [5, 5.41) is 7.83. The lowest BCUT2D eigenvalue weighted by Gasteiger charge is -2.06. The van der Waals surface area contributed by atoms with E-state index in [0.717, 1.165) is 0 Å². The first-order valence-electron chi connectivity index (χ1n) is 7.22. The van der Waals surface area contributed by atoms with Gasteiger partial charge in [-0.05, 0) is 23.8 Å². The fraction of sp³-hybridized carbons (Fsp3) is 0.125. The van der Waals surface area contributed by atoms with E-state index in [1.54, 1.807) is 36.4 Å². The van der Waals surface area contributed by atoms with E-state index in [2.05, 4.69) is 14.9 Å². The Morgan fingerprint density at radius 2 is 1.80 bits per heavy atom. The van der Waals surface area contributed by atoms with Gasteiger partial charge in [0.05, 0.1) is 17.9 Å². The number of hydrogen-bond donors (Lipinski definition) is 1. The van der Waals surface area contributed by atoms with Crippen molar-refractivity contribution in [3.63, 3.8) is 0 Å². The molecule has 0 bridgehead atoms. The molecule has 9 heteroatoms. The summed E-state index contributed by atoms with van der Waals surface area (Å²) in [7, 11) is -3.66. The minimum Gasteiger partial charge on any atom is -0.419 e. The predicted molar refractivity (Wildman–Crippen MR) is 90.6 cm³/mol. The van der Waals surface area contributed by atoms with Crippen LogP contribution in [0.3, 0.4) is 0 Å². The van der Waals surface area contributed by atoms with E-state index in [1.165, 1.54) is 12.1 Å². The molecular formula is C16H13ClFN3O3S. The number of aromatic nitrogens is 2. The predicted octanol–water partition coefficient (Wildman–Crippen LogP) is 3.15. The van der Waals surface area contributed by atoms with Gasteiger partial charge >= 0.3 is 0 Å². The van der Waals surface area contributed by atoms with Crippen molar-refractivity contribution in [3.8, 4) is 11.5 Å². The molecule has 0 aliphatic rings. The largest absolute Gasteiger partial charge is 0.419 e. The van der Waals surface area contributed by atoms with Gasteiger partial charge in [0.2, 0.25) is 15.9 Å². The molecule has 25 heavy (non-hydrogen) atoms. The molecule has 0 aliphatic heterocycles. The van der Waals surface area contributed by atoms with Gasteiger partial charge in [0.1, 0.15) is 5.82 Å². The van der Waals surface area contributed by atoms with E-state index in [9.17, 15) is 12.8 Å². The number of rotatable bonds is 6. The molecule has 0 atom stereocenters. The number of benzene rings is 2. The summed E-state index contributed by atoms with van der Waals surface area (Å²) in [6, 6.07) is 12.6. The Kier molecular flexibility index (Phi) is 5.12. The molecular weight excluding hydrogens is 369 g/mol. The Balaban J connectivity index is 1.68. The molecule has 0 saturated heterocycles. The van der Waals surface area contributed by atoms with Gasteiger partial charge in [-0.2, -0.15) is 0 Å². The van der Waals surface area contributed by atoms with Crippen LogP contribution in [0.5, 0.6) is 0 Å². The summed E-state index contributed by atoms with van der Waals surface area (Å²) in [5.74, 6) is -0.766. The van der Waals surface area contributed by atoms with Gasteiger partial charge in [-0.15, -0.1) is 10.2 Å². The molecule has 0 fully saturated rings. The summed E-state index contributed by atoms with van der Waals surface area (Å²) in [4.78, 5) is 0. The standard InChI is InChI=1S/C16H13ClFN3O3S/c17-13-7-3-1-5-11(13)10-25(22,23)19-9-15-20-21-16(24-15)12-6-2-4-8-14(12)18/h1-8,19H,9-10H2. The number of hydrogen-bond acceptors (Lipinski definition) is 5. The Morgan fingerprint density at radius 3 is 2.56 bits per heavy atom. The third-order valence-electron chi connectivity index (χ3n) is 3.32. The van der Waals surface area contributed by atoms with Crippen LogP contribution in [0.15, 0.2) is 52.9 Å². The van der Waals surface area contributed by atoms with Crippen LogP contribution in [0.1, 0.15) is 11.5 Å². The summed E-state index contributed by atoms with van der Waals surface area (Å²) < 4.78 is 45.6. The zero-order valence-electron chi connectivity index (χ0n) is 12.8. The highest BCUT2D eigenvalue weighted by Crippen LogP contribution is 2.21. The van der Waals surface area contributed by atoms with Gasteiger partial charge in [0.15, 0.2) is 0 Å². The van der Waals surface area contributed by atoms with Crippen molar-refractivity contribution in [2.24, 2.45) is 0 Å². The molecule has 3 rings (SSSR count). The minimum absolute atomic E-state index is 0.0154. The Hall–Kier alpha value is -2.29. The molecule has 1 aromatic heterocycles. The van der Waals surface area contributed by atoms with E-state index >= 15 is 0 Å². The molecule has 0 radical (unpaired) electrons.